The summed E-state index contributed by atoms with van der Waals surface area (Å²) in [7, 11) is 0. The number of piperidine rings is 1. The van der Waals surface area contributed by atoms with Crippen LogP contribution in [-0.4, -0.2) is 62.9 Å². The minimum absolute atomic E-state index is 0.0384. The molecule has 0 spiro atoms. The molecule has 2 aliphatic rings. The number of carboxylic acids is 1. The van der Waals surface area contributed by atoms with Crippen molar-refractivity contribution in [3.8, 4) is 0 Å². The molecule has 1 aliphatic carbocycles. The topological polar surface area (TPSA) is 92.0 Å². The van der Waals surface area contributed by atoms with Gasteiger partial charge in [-0.1, -0.05) is 60.7 Å². The summed E-state index contributed by atoms with van der Waals surface area (Å²) in [5, 5.41) is 17.5. The van der Waals surface area contributed by atoms with E-state index in [1.165, 1.54) is 11.1 Å². The molecule has 2 aromatic carbocycles. The highest BCUT2D eigenvalue weighted by atomic mass is 16.5. The maximum absolute atomic E-state index is 11.6. The summed E-state index contributed by atoms with van der Waals surface area (Å²) >= 11 is 0. The Bertz CT molecular complexity index is 1360. The molecule has 8 heteroatoms. The van der Waals surface area contributed by atoms with E-state index >= 15 is 0 Å². The Kier molecular flexibility index (Phi) is 7.30. The van der Waals surface area contributed by atoms with Gasteiger partial charge in [0.05, 0.1) is 18.0 Å². The SMILES string of the molecule is O=C(O)C1(c2cn3nc(NCCCN4CCC(OC(c5ccccc5)c5ccccc5)CC4)ccc3n2)CC1. The van der Waals surface area contributed by atoms with Crippen molar-refractivity contribution in [1.82, 2.24) is 19.5 Å². The van der Waals surface area contributed by atoms with Crippen LogP contribution in [-0.2, 0) is 14.9 Å². The van der Waals surface area contributed by atoms with Crippen LogP contribution in [0.3, 0.4) is 0 Å². The Hall–Kier alpha value is -3.75. The van der Waals surface area contributed by atoms with Gasteiger partial charge in [-0.15, -0.1) is 5.10 Å². The van der Waals surface area contributed by atoms with Crippen LogP contribution in [0.25, 0.3) is 5.65 Å². The molecule has 2 aromatic heterocycles. The standard InChI is InChI=1S/C31H35N5O3/c37-30(38)31(16-17-31)26-22-36-28(33-26)13-12-27(34-36)32-18-7-19-35-20-14-25(15-21-35)39-29(23-8-3-1-4-9-23)24-10-5-2-6-11-24/h1-6,8-13,22,25,29H,7,14-21H2,(H,32,34)(H,37,38). The third kappa shape index (κ3) is 5.67. The Labute approximate surface area is 228 Å². The molecule has 0 bridgehead atoms. The molecule has 2 N–H and O–H groups in total. The van der Waals surface area contributed by atoms with Crippen molar-refractivity contribution in [2.75, 3.05) is 31.5 Å². The highest BCUT2D eigenvalue weighted by molar-refractivity contribution is 5.84. The van der Waals surface area contributed by atoms with Crippen molar-refractivity contribution >= 4 is 17.4 Å². The van der Waals surface area contributed by atoms with Gasteiger partial charge in [0.2, 0.25) is 0 Å². The van der Waals surface area contributed by atoms with E-state index in [4.69, 9.17) is 4.74 Å². The Morgan fingerprint density at radius 1 is 1.00 bits per heavy atom. The summed E-state index contributed by atoms with van der Waals surface area (Å²) in [6, 6.07) is 24.8. The summed E-state index contributed by atoms with van der Waals surface area (Å²) < 4.78 is 8.37. The molecule has 0 atom stereocenters. The predicted molar refractivity (Wildman–Crippen MR) is 150 cm³/mol. The van der Waals surface area contributed by atoms with Crippen molar-refractivity contribution in [2.45, 2.75) is 49.7 Å². The number of rotatable bonds is 11. The van der Waals surface area contributed by atoms with Crippen LogP contribution >= 0.6 is 0 Å². The van der Waals surface area contributed by atoms with Crippen molar-refractivity contribution in [3.63, 3.8) is 0 Å². The molecule has 1 saturated carbocycles. The van der Waals surface area contributed by atoms with E-state index in [2.05, 4.69) is 68.8 Å². The third-order valence-electron chi connectivity index (χ3n) is 7.99. The lowest BCUT2D eigenvalue weighted by molar-refractivity contribution is -0.140. The number of imidazole rings is 1. The van der Waals surface area contributed by atoms with Crippen LogP contribution in [0, 0.1) is 0 Å². The van der Waals surface area contributed by atoms with Crippen LogP contribution in [0.4, 0.5) is 5.82 Å². The molecule has 4 aromatic rings. The van der Waals surface area contributed by atoms with Gasteiger partial charge in [0.1, 0.15) is 17.3 Å². The Balaban J connectivity index is 0.967. The van der Waals surface area contributed by atoms with Crippen LogP contribution in [0.2, 0.25) is 0 Å². The molecule has 0 amide bonds. The molecular weight excluding hydrogens is 490 g/mol. The highest BCUT2D eigenvalue weighted by Crippen LogP contribution is 2.47. The molecule has 0 unspecified atom stereocenters. The Morgan fingerprint density at radius 3 is 2.28 bits per heavy atom. The van der Waals surface area contributed by atoms with Gasteiger partial charge in [0.25, 0.3) is 0 Å². The van der Waals surface area contributed by atoms with Crippen molar-refractivity contribution in [3.05, 3.63) is 95.8 Å². The van der Waals surface area contributed by atoms with E-state index < -0.39 is 11.4 Å². The quantitative estimate of drug-likeness (QED) is 0.269. The molecule has 202 valence electrons. The maximum Gasteiger partial charge on any atom is 0.315 e. The number of nitrogens with one attached hydrogen (secondary N) is 1. The molecule has 0 radical (unpaired) electrons. The largest absolute Gasteiger partial charge is 0.481 e. The maximum atomic E-state index is 11.6. The summed E-state index contributed by atoms with van der Waals surface area (Å²) in [5.74, 6) is -0.0290. The highest BCUT2D eigenvalue weighted by Gasteiger charge is 2.53. The smallest absolute Gasteiger partial charge is 0.315 e. The van der Waals surface area contributed by atoms with E-state index in [1.807, 2.05) is 24.3 Å². The fourth-order valence-electron chi connectivity index (χ4n) is 5.50. The van der Waals surface area contributed by atoms with E-state index in [9.17, 15) is 9.90 Å². The number of likely N-dealkylation sites (tertiary alicyclic amines) is 1. The van der Waals surface area contributed by atoms with Gasteiger partial charge in [-0.2, -0.15) is 0 Å². The first-order valence-corrected chi connectivity index (χ1v) is 13.9. The summed E-state index contributed by atoms with van der Waals surface area (Å²) in [6.07, 6.45) is 6.32. The van der Waals surface area contributed by atoms with Gasteiger partial charge in [0, 0.05) is 19.6 Å². The fraction of sp³-hybridized carbons (Fsp3) is 0.387. The number of benzene rings is 2. The van der Waals surface area contributed by atoms with Gasteiger partial charge in [-0.25, -0.2) is 9.50 Å². The lowest BCUT2D eigenvalue weighted by Gasteiger charge is -2.34. The zero-order valence-electron chi connectivity index (χ0n) is 22.1. The molecular formula is C31H35N5O3. The monoisotopic (exact) mass is 525 g/mol. The van der Waals surface area contributed by atoms with Gasteiger partial charge in [-0.3, -0.25) is 4.79 Å². The predicted octanol–water partition coefficient (Wildman–Crippen LogP) is 4.92. The fourth-order valence-corrected chi connectivity index (χ4v) is 5.50. The first-order valence-electron chi connectivity index (χ1n) is 13.9. The molecule has 39 heavy (non-hydrogen) atoms. The number of hydrogen-bond acceptors (Lipinski definition) is 6. The molecule has 6 rings (SSSR count). The number of anilines is 1. The molecule has 1 saturated heterocycles. The second-order valence-corrected chi connectivity index (χ2v) is 10.7. The number of aromatic nitrogens is 3. The second kappa shape index (κ2) is 11.2. The van der Waals surface area contributed by atoms with Gasteiger partial charge >= 0.3 is 5.97 Å². The number of carboxylic acid groups (broad SMARTS) is 1. The van der Waals surface area contributed by atoms with E-state index in [0.717, 1.165) is 51.3 Å². The normalized spacial score (nSPS) is 17.5. The van der Waals surface area contributed by atoms with Crippen molar-refractivity contribution in [2.24, 2.45) is 0 Å². The third-order valence-corrected chi connectivity index (χ3v) is 7.99. The van der Waals surface area contributed by atoms with Crippen molar-refractivity contribution in [1.29, 1.82) is 0 Å². The summed E-state index contributed by atoms with van der Waals surface area (Å²) in [5.41, 5.74) is 2.86. The van der Waals surface area contributed by atoms with Crippen LogP contribution in [0.1, 0.15) is 55.0 Å². The molecule has 3 heterocycles. The minimum atomic E-state index is -0.816. The molecule has 2 fully saturated rings. The number of fused-ring (bicyclic) bond motifs is 1. The van der Waals surface area contributed by atoms with E-state index in [1.54, 1.807) is 10.7 Å². The number of nitrogens with zero attached hydrogens (tertiary/aromatic N) is 4. The Morgan fingerprint density at radius 2 is 1.67 bits per heavy atom. The average molecular weight is 526 g/mol. The van der Waals surface area contributed by atoms with Gasteiger partial charge < -0.3 is 20.1 Å². The van der Waals surface area contributed by atoms with Gasteiger partial charge in [-0.05, 0) is 61.9 Å². The molecule has 8 nitrogen and oxygen atoms in total. The number of carbonyl (C=O) groups is 1. The first-order chi connectivity index (χ1) is 19.1. The molecule has 1 aliphatic heterocycles. The number of hydrogen-bond donors (Lipinski definition) is 2. The number of aliphatic carboxylic acids is 1. The van der Waals surface area contributed by atoms with Gasteiger partial charge in [0.15, 0.2) is 5.65 Å². The van der Waals surface area contributed by atoms with E-state index in [0.29, 0.717) is 24.2 Å². The van der Waals surface area contributed by atoms with E-state index in [-0.39, 0.29) is 12.2 Å². The van der Waals surface area contributed by atoms with Crippen molar-refractivity contribution < 1.29 is 14.6 Å². The summed E-state index contributed by atoms with van der Waals surface area (Å²) in [6.45, 7) is 3.92. The van der Waals surface area contributed by atoms with Crippen LogP contribution < -0.4 is 5.32 Å². The minimum Gasteiger partial charge on any atom is -0.481 e. The number of ether oxygens (including phenoxy) is 1. The lowest BCUT2D eigenvalue weighted by Crippen LogP contribution is -2.38. The first kappa shape index (κ1) is 25.5. The van der Waals surface area contributed by atoms with Crippen LogP contribution in [0.5, 0.6) is 0 Å². The zero-order valence-corrected chi connectivity index (χ0v) is 22.1. The lowest BCUT2D eigenvalue weighted by atomic mass is 10.00. The average Bonchev–Trinajstić information content (AvgIpc) is 3.69. The van der Waals surface area contributed by atoms with Crippen LogP contribution in [0.15, 0.2) is 79.0 Å². The second-order valence-electron chi connectivity index (χ2n) is 10.7. The summed E-state index contributed by atoms with van der Waals surface area (Å²) in [4.78, 5) is 18.6. The zero-order chi connectivity index (χ0) is 26.7.